The number of hydrogen-bond acceptors (Lipinski definition) is 3. The molecule has 0 aliphatic carbocycles. The molecule has 1 aromatic heterocycles. The Morgan fingerprint density at radius 1 is 1.26 bits per heavy atom. The van der Waals surface area contributed by atoms with Crippen molar-refractivity contribution in [2.45, 2.75) is 33.3 Å². The van der Waals surface area contributed by atoms with Gasteiger partial charge in [-0.1, -0.05) is 26.0 Å². The third kappa shape index (κ3) is 2.79. The van der Waals surface area contributed by atoms with Crippen molar-refractivity contribution in [1.29, 1.82) is 0 Å². The molecule has 0 radical (unpaired) electrons. The van der Waals surface area contributed by atoms with E-state index in [2.05, 4.69) is 31.1 Å². The van der Waals surface area contributed by atoms with Gasteiger partial charge in [0.15, 0.2) is 0 Å². The molecule has 2 rings (SSSR count). The molecule has 0 aliphatic heterocycles. The van der Waals surface area contributed by atoms with E-state index in [1.807, 2.05) is 26.1 Å². The minimum atomic E-state index is -0.0704. The molecule has 0 bridgehead atoms. The van der Waals surface area contributed by atoms with Crippen LogP contribution in [0.25, 0.3) is 0 Å². The zero-order valence-corrected chi connectivity index (χ0v) is 11.8. The highest BCUT2D eigenvalue weighted by atomic mass is 16.5. The Bertz CT molecular complexity index is 556. The fraction of sp³-hybridized carbons (Fsp3) is 0.400. The fourth-order valence-corrected chi connectivity index (χ4v) is 2.02. The zero-order valence-electron chi connectivity index (χ0n) is 11.8. The quantitative estimate of drug-likeness (QED) is 0.918. The van der Waals surface area contributed by atoms with E-state index < -0.39 is 0 Å². The molecular weight excluding hydrogens is 240 g/mol. The predicted molar refractivity (Wildman–Crippen MR) is 74.5 cm³/mol. The van der Waals surface area contributed by atoms with Crippen LogP contribution in [0.1, 0.15) is 36.6 Å². The first kappa shape index (κ1) is 13.6. The van der Waals surface area contributed by atoms with Crippen LogP contribution in [0.4, 0.5) is 0 Å². The molecule has 1 aromatic carbocycles. The monoisotopic (exact) mass is 260 g/mol. The van der Waals surface area contributed by atoms with Crippen LogP contribution < -0.4 is 4.74 Å². The molecule has 0 fully saturated rings. The maximum Gasteiger partial charge on any atom is 0.223 e. The largest absolute Gasteiger partial charge is 0.439 e. The van der Waals surface area contributed by atoms with E-state index in [0.29, 0.717) is 11.8 Å². The van der Waals surface area contributed by atoms with Crippen molar-refractivity contribution in [1.82, 2.24) is 9.78 Å². The molecule has 0 unspecified atom stereocenters. The number of rotatable bonds is 4. The average molecular weight is 260 g/mol. The van der Waals surface area contributed by atoms with Crippen LogP contribution in [0.2, 0.25) is 0 Å². The summed E-state index contributed by atoms with van der Waals surface area (Å²) >= 11 is 0. The highest BCUT2D eigenvalue weighted by Crippen LogP contribution is 2.28. The zero-order chi connectivity index (χ0) is 14.0. The molecule has 0 amide bonds. The summed E-state index contributed by atoms with van der Waals surface area (Å²) in [7, 11) is 1.81. The molecule has 0 atom stereocenters. The average Bonchev–Trinajstić information content (AvgIpc) is 2.64. The molecule has 0 aliphatic rings. The molecule has 4 heteroatoms. The van der Waals surface area contributed by atoms with Crippen molar-refractivity contribution < 1.29 is 9.84 Å². The second-order valence-corrected chi connectivity index (χ2v) is 4.98. The van der Waals surface area contributed by atoms with Gasteiger partial charge in [-0.25, -0.2) is 4.68 Å². The van der Waals surface area contributed by atoms with Crippen molar-refractivity contribution in [2.75, 3.05) is 0 Å². The number of aliphatic hydroxyl groups is 1. The van der Waals surface area contributed by atoms with E-state index in [1.54, 1.807) is 4.68 Å². The predicted octanol–water partition coefficient (Wildman–Crippen LogP) is 3.14. The Balaban J connectivity index is 2.26. The standard InChI is InChI=1S/C15H20N2O2/c1-10(2)12-5-7-13(8-6-12)19-15-14(9-18)11(3)16-17(15)4/h5-8,10,18H,9H2,1-4H3. The van der Waals surface area contributed by atoms with Gasteiger partial charge in [0.2, 0.25) is 5.88 Å². The Hall–Kier alpha value is -1.81. The van der Waals surface area contributed by atoms with Gasteiger partial charge in [0.1, 0.15) is 5.75 Å². The number of benzene rings is 1. The molecule has 2 aromatic rings. The van der Waals surface area contributed by atoms with Crippen LogP contribution in [0.15, 0.2) is 24.3 Å². The molecule has 102 valence electrons. The van der Waals surface area contributed by atoms with Crippen molar-refractivity contribution in [3.63, 3.8) is 0 Å². The summed E-state index contributed by atoms with van der Waals surface area (Å²) in [4.78, 5) is 0. The molecule has 1 heterocycles. The third-order valence-electron chi connectivity index (χ3n) is 3.21. The van der Waals surface area contributed by atoms with E-state index in [4.69, 9.17) is 4.74 Å². The highest BCUT2D eigenvalue weighted by Gasteiger charge is 2.14. The number of nitrogens with zero attached hydrogens (tertiary/aromatic N) is 2. The van der Waals surface area contributed by atoms with Gasteiger partial charge in [0, 0.05) is 7.05 Å². The summed E-state index contributed by atoms with van der Waals surface area (Å²) in [6, 6.07) is 8.00. The Kier molecular flexibility index (Phi) is 3.90. The van der Waals surface area contributed by atoms with E-state index in [1.165, 1.54) is 5.56 Å². The molecule has 4 nitrogen and oxygen atoms in total. The molecular formula is C15H20N2O2. The van der Waals surface area contributed by atoms with Gasteiger partial charge in [-0.3, -0.25) is 0 Å². The summed E-state index contributed by atoms with van der Waals surface area (Å²) in [5.41, 5.74) is 2.80. The van der Waals surface area contributed by atoms with E-state index >= 15 is 0 Å². The smallest absolute Gasteiger partial charge is 0.223 e. The topological polar surface area (TPSA) is 47.3 Å². The second-order valence-electron chi connectivity index (χ2n) is 4.98. The number of aliphatic hydroxyl groups excluding tert-OH is 1. The summed E-state index contributed by atoms with van der Waals surface area (Å²) < 4.78 is 7.48. The normalized spacial score (nSPS) is 11.1. The first-order valence-electron chi connectivity index (χ1n) is 6.44. The summed E-state index contributed by atoms with van der Waals surface area (Å²) in [5.74, 6) is 1.85. The van der Waals surface area contributed by atoms with E-state index in [0.717, 1.165) is 17.0 Å². The van der Waals surface area contributed by atoms with Gasteiger partial charge in [0.25, 0.3) is 0 Å². The lowest BCUT2D eigenvalue weighted by molar-refractivity contribution is 0.274. The first-order valence-corrected chi connectivity index (χ1v) is 6.44. The van der Waals surface area contributed by atoms with Gasteiger partial charge < -0.3 is 9.84 Å². The fourth-order valence-electron chi connectivity index (χ4n) is 2.02. The summed E-state index contributed by atoms with van der Waals surface area (Å²) in [6.45, 7) is 6.10. The van der Waals surface area contributed by atoms with E-state index in [-0.39, 0.29) is 6.61 Å². The van der Waals surface area contributed by atoms with Crippen LogP contribution in [-0.2, 0) is 13.7 Å². The molecule has 0 spiro atoms. The number of aryl methyl sites for hydroxylation is 2. The molecule has 19 heavy (non-hydrogen) atoms. The lowest BCUT2D eigenvalue weighted by Gasteiger charge is -2.09. The van der Waals surface area contributed by atoms with Crippen LogP contribution in [-0.4, -0.2) is 14.9 Å². The van der Waals surface area contributed by atoms with Gasteiger partial charge in [-0.15, -0.1) is 0 Å². The minimum Gasteiger partial charge on any atom is -0.439 e. The van der Waals surface area contributed by atoms with Crippen LogP contribution in [0.5, 0.6) is 11.6 Å². The minimum absolute atomic E-state index is 0.0704. The van der Waals surface area contributed by atoms with Crippen LogP contribution in [0.3, 0.4) is 0 Å². The van der Waals surface area contributed by atoms with Crippen molar-refractivity contribution >= 4 is 0 Å². The number of aromatic nitrogens is 2. The summed E-state index contributed by atoms with van der Waals surface area (Å²) in [5, 5.41) is 13.6. The first-order chi connectivity index (χ1) is 9.02. The van der Waals surface area contributed by atoms with Gasteiger partial charge in [0.05, 0.1) is 17.9 Å². The number of ether oxygens (including phenoxy) is 1. The second kappa shape index (κ2) is 5.45. The van der Waals surface area contributed by atoms with Gasteiger partial charge in [-0.05, 0) is 30.5 Å². The van der Waals surface area contributed by atoms with Crippen molar-refractivity contribution in [3.8, 4) is 11.6 Å². The van der Waals surface area contributed by atoms with E-state index in [9.17, 15) is 5.11 Å². The molecule has 1 N–H and O–H groups in total. The van der Waals surface area contributed by atoms with Crippen molar-refractivity contribution in [2.24, 2.45) is 7.05 Å². The van der Waals surface area contributed by atoms with Crippen LogP contribution >= 0.6 is 0 Å². The lowest BCUT2D eigenvalue weighted by atomic mass is 10.0. The molecule has 0 saturated carbocycles. The summed E-state index contributed by atoms with van der Waals surface area (Å²) in [6.07, 6.45) is 0. The van der Waals surface area contributed by atoms with Crippen LogP contribution in [0, 0.1) is 6.92 Å². The SMILES string of the molecule is Cc1nn(C)c(Oc2ccc(C(C)C)cc2)c1CO. The number of hydrogen-bond donors (Lipinski definition) is 1. The van der Waals surface area contributed by atoms with Crippen molar-refractivity contribution in [3.05, 3.63) is 41.1 Å². The lowest BCUT2D eigenvalue weighted by Crippen LogP contribution is -1.97. The third-order valence-corrected chi connectivity index (χ3v) is 3.21. The Morgan fingerprint density at radius 2 is 1.89 bits per heavy atom. The maximum atomic E-state index is 9.37. The maximum absolute atomic E-state index is 9.37. The Morgan fingerprint density at radius 3 is 2.42 bits per heavy atom. The molecule has 0 saturated heterocycles. The highest BCUT2D eigenvalue weighted by molar-refractivity contribution is 5.36. The van der Waals surface area contributed by atoms with Gasteiger partial charge >= 0.3 is 0 Å². The van der Waals surface area contributed by atoms with Gasteiger partial charge in [-0.2, -0.15) is 5.10 Å². The Labute approximate surface area is 113 Å².